The predicted molar refractivity (Wildman–Crippen MR) is 244 cm³/mol. The van der Waals surface area contributed by atoms with Gasteiger partial charge in [0.1, 0.15) is 5.82 Å². The third kappa shape index (κ3) is 5.69. The molecule has 0 amide bonds. The molecule has 0 fully saturated rings. The Morgan fingerprint density at radius 2 is 0.915 bits per heavy atom. The van der Waals surface area contributed by atoms with Crippen LogP contribution < -0.4 is 4.90 Å². The number of anilines is 3. The lowest BCUT2D eigenvalue weighted by Gasteiger charge is -2.31. The van der Waals surface area contributed by atoms with Gasteiger partial charge in [-0.2, -0.15) is 0 Å². The highest BCUT2D eigenvalue weighted by atomic mass is 19.1. The van der Waals surface area contributed by atoms with Crippen molar-refractivity contribution in [1.29, 1.82) is 0 Å². The first-order chi connectivity index (χ1) is 29.0. The fourth-order valence-corrected chi connectivity index (χ4v) is 9.43. The summed E-state index contributed by atoms with van der Waals surface area (Å²) >= 11 is 0. The van der Waals surface area contributed by atoms with Crippen molar-refractivity contribution < 1.29 is 4.39 Å². The molecular weight excluding hydrogens is 720 g/mol. The number of benzene rings is 9. The Morgan fingerprint density at radius 3 is 1.59 bits per heavy atom. The quantitative estimate of drug-likeness (QED) is 0.157. The van der Waals surface area contributed by atoms with Gasteiger partial charge in [-0.15, -0.1) is 0 Å². The van der Waals surface area contributed by atoms with E-state index in [2.05, 4.69) is 211 Å². The molecule has 0 unspecified atom stereocenters. The van der Waals surface area contributed by atoms with E-state index in [0.29, 0.717) is 0 Å². The van der Waals surface area contributed by atoms with Gasteiger partial charge < -0.3 is 9.47 Å². The third-order valence-electron chi connectivity index (χ3n) is 12.3. The minimum Gasteiger partial charge on any atom is -0.310 e. The molecule has 0 atom stereocenters. The Labute approximate surface area is 343 Å². The predicted octanol–water partition coefficient (Wildman–Crippen LogP) is 15.1. The van der Waals surface area contributed by atoms with Crippen molar-refractivity contribution in [2.24, 2.45) is 0 Å². The Kier molecular flexibility index (Phi) is 8.16. The lowest BCUT2D eigenvalue weighted by atomic mass is 9.74. The first-order valence-electron chi connectivity index (χ1n) is 20.2. The van der Waals surface area contributed by atoms with Gasteiger partial charge in [0.15, 0.2) is 0 Å². The highest BCUT2D eigenvalue weighted by molar-refractivity contribution is 6.12. The molecule has 2 nitrogen and oxygen atoms in total. The number of rotatable bonds is 7. The van der Waals surface area contributed by atoms with Gasteiger partial charge in [-0.05, 0) is 136 Å². The molecule has 0 N–H and O–H groups in total. The van der Waals surface area contributed by atoms with Crippen molar-refractivity contribution in [3.8, 4) is 39.1 Å². The Balaban J connectivity index is 1.12. The summed E-state index contributed by atoms with van der Waals surface area (Å²) in [6.45, 7) is 2.37. The Bertz CT molecular complexity index is 3120. The first kappa shape index (κ1) is 34.7. The molecule has 280 valence electrons. The van der Waals surface area contributed by atoms with E-state index >= 15 is 0 Å². The van der Waals surface area contributed by atoms with Gasteiger partial charge in [-0.25, -0.2) is 4.39 Å². The Morgan fingerprint density at radius 1 is 0.407 bits per heavy atom. The molecule has 1 aliphatic carbocycles. The van der Waals surface area contributed by atoms with E-state index < -0.39 is 0 Å². The topological polar surface area (TPSA) is 8.17 Å². The van der Waals surface area contributed by atoms with E-state index in [0.717, 1.165) is 44.9 Å². The molecule has 0 saturated heterocycles. The largest absolute Gasteiger partial charge is 0.310 e. The molecule has 10 aromatic rings. The average molecular weight is 759 g/mol. The zero-order chi connectivity index (χ0) is 39.5. The summed E-state index contributed by atoms with van der Waals surface area (Å²) < 4.78 is 16.3. The number of aromatic nitrogens is 1. The van der Waals surface area contributed by atoms with Gasteiger partial charge in [0, 0.05) is 38.9 Å². The van der Waals surface area contributed by atoms with Gasteiger partial charge in [-0.1, -0.05) is 140 Å². The van der Waals surface area contributed by atoms with E-state index in [9.17, 15) is 4.39 Å². The molecule has 0 spiro atoms. The second-order valence-electron chi connectivity index (χ2n) is 15.6. The molecule has 1 aromatic heterocycles. The maximum atomic E-state index is 13.9. The average Bonchev–Trinajstić information content (AvgIpc) is 3.77. The zero-order valence-corrected chi connectivity index (χ0v) is 32.6. The maximum Gasteiger partial charge on any atom is 0.123 e. The van der Waals surface area contributed by atoms with Crippen LogP contribution >= 0.6 is 0 Å². The van der Waals surface area contributed by atoms with Crippen molar-refractivity contribution in [3.05, 3.63) is 241 Å². The molecule has 0 aliphatic heterocycles. The van der Waals surface area contributed by atoms with E-state index in [1.807, 2.05) is 12.1 Å². The van der Waals surface area contributed by atoms with Crippen molar-refractivity contribution >= 4 is 38.9 Å². The molecular formula is C56H39FN2. The molecule has 11 rings (SSSR count). The minimum absolute atomic E-state index is 0.238. The van der Waals surface area contributed by atoms with Gasteiger partial charge in [0.25, 0.3) is 0 Å². The van der Waals surface area contributed by atoms with Crippen LogP contribution in [0.1, 0.15) is 23.6 Å². The zero-order valence-electron chi connectivity index (χ0n) is 32.6. The second kappa shape index (κ2) is 13.9. The lowest BCUT2D eigenvalue weighted by molar-refractivity contribution is 0.628. The van der Waals surface area contributed by atoms with E-state index in [1.54, 1.807) is 0 Å². The van der Waals surface area contributed by atoms with Crippen LogP contribution in [-0.4, -0.2) is 4.57 Å². The van der Waals surface area contributed by atoms with Crippen LogP contribution in [0.2, 0.25) is 0 Å². The summed E-state index contributed by atoms with van der Waals surface area (Å²) in [6.07, 6.45) is 0. The summed E-state index contributed by atoms with van der Waals surface area (Å²) in [5, 5.41) is 2.37. The number of hydrogen-bond donors (Lipinski definition) is 0. The lowest BCUT2D eigenvalue weighted by Crippen LogP contribution is -2.23. The van der Waals surface area contributed by atoms with Crippen LogP contribution in [0.25, 0.3) is 60.9 Å². The van der Waals surface area contributed by atoms with Crippen molar-refractivity contribution in [2.75, 3.05) is 4.90 Å². The first-order valence-corrected chi connectivity index (χ1v) is 20.2. The molecule has 1 aliphatic rings. The van der Waals surface area contributed by atoms with Gasteiger partial charge in [0.2, 0.25) is 0 Å². The number of halogens is 1. The van der Waals surface area contributed by atoms with Crippen LogP contribution in [0.5, 0.6) is 0 Å². The molecule has 9 aromatic carbocycles. The van der Waals surface area contributed by atoms with Crippen LogP contribution in [-0.2, 0) is 5.41 Å². The molecule has 0 radical (unpaired) electrons. The maximum absolute atomic E-state index is 13.9. The van der Waals surface area contributed by atoms with Gasteiger partial charge >= 0.3 is 0 Å². The van der Waals surface area contributed by atoms with Crippen molar-refractivity contribution in [2.45, 2.75) is 12.3 Å². The van der Waals surface area contributed by atoms with Crippen LogP contribution in [0.3, 0.4) is 0 Å². The van der Waals surface area contributed by atoms with Crippen molar-refractivity contribution in [3.63, 3.8) is 0 Å². The monoisotopic (exact) mass is 758 g/mol. The highest BCUT2D eigenvalue weighted by Crippen LogP contribution is 2.53. The normalized spacial score (nSPS) is 12.7. The molecule has 0 bridgehead atoms. The molecule has 3 heteroatoms. The summed E-state index contributed by atoms with van der Waals surface area (Å²) in [6, 6.07) is 77.1. The fraction of sp³-hybridized carbons (Fsp3) is 0.0357. The second-order valence-corrected chi connectivity index (χ2v) is 15.6. The fourth-order valence-electron chi connectivity index (χ4n) is 9.43. The summed E-state index contributed by atoms with van der Waals surface area (Å²) in [7, 11) is 0. The molecule has 1 heterocycles. The third-order valence-corrected chi connectivity index (χ3v) is 12.3. The summed E-state index contributed by atoms with van der Waals surface area (Å²) in [5.74, 6) is -0.238. The number of fused-ring (bicyclic) bond motifs is 6. The van der Waals surface area contributed by atoms with E-state index in [4.69, 9.17) is 0 Å². The Hall–Kier alpha value is -7.49. The van der Waals surface area contributed by atoms with Gasteiger partial charge in [-0.3, -0.25) is 0 Å². The van der Waals surface area contributed by atoms with Crippen LogP contribution in [0.15, 0.2) is 218 Å². The van der Waals surface area contributed by atoms with Crippen LogP contribution in [0.4, 0.5) is 21.5 Å². The van der Waals surface area contributed by atoms with Gasteiger partial charge in [0.05, 0.1) is 11.0 Å². The highest BCUT2D eigenvalue weighted by Gasteiger charge is 2.40. The van der Waals surface area contributed by atoms with Crippen molar-refractivity contribution in [1.82, 2.24) is 4.57 Å². The standard InChI is InChI=1S/C56H39FN2/c1-56(52-21-10-8-19-48(52)49-20-9-11-22-53(49)56)42-15-12-18-46(36-42)58(45-30-25-40(26-31-45)39-23-28-43(57)29-24-39)47-32-34-55-51(37-47)50-35-41(38-13-4-2-5-14-38)27-33-54(50)59(55)44-16-6-3-7-17-44/h2-37H,1H3. The number of nitrogens with zero attached hydrogens (tertiary/aromatic N) is 2. The van der Waals surface area contributed by atoms with E-state index in [-0.39, 0.29) is 11.2 Å². The minimum atomic E-state index is -0.345. The van der Waals surface area contributed by atoms with E-state index in [1.165, 1.54) is 61.8 Å². The summed E-state index contributed by atoms with van der Waals surface area (Å²) in [4.78, 5) is 2.38. The SMILES string of the molecule is CC1(c2cccc(N(c3ccc(-c4ccc(F)cc4)cc3)c3ccc4c(c3)c3cc(-c5ccccc5)ccc3n4-c3ccccc3)c2)c2ccccc2-c2ccccc21. The smallest absolute Gasteiger partial charge is 0.123 e. The van der Waals surface area contributed by atoms with Crippen LogP contribution in [0, 0.1) is 5.82 Å². The summed E-state index contributed by atoms with van der Waals surface area (Å²) in [5.41, 5.74) is 17.1. The number of para-hydroxylation sites is 1. The number of hydrogen-bond acceptors (Lipinski definition) is 1. The molecule has 0 saturated carbocycles. The molecule has 59 heavy (non-hydrogen) atoms.